The van der Waals surface area contributed by atoms with Crippen LogP contribution >= 0.6 is 23.2 Å². The van der Waals surface area contributed by atoms with Crippen molar-refractivity contribution in [3.05, 3.63) is 105 Å². The first-order chi connectivity index (χ1) is 18.2. The predicted octanol–water partition coefficient (Wildman–Crippen LogP) is 7.15. The lowest BCUT2D eigenvalue weighted by molar-refractivity contribution is -0.132. The van der Waals surface area contributed by atoms with Crippen LogP contribution in [0.3, 0.4) is 0 Å². The molecule has 0 saturated carbocycles. The number of benzene rings is 3. The van der Waals surface area contributed by atoms with Gasteiger partial charge in [-0.25, -0.2) is 0 Å². The highest BCUT2D eigenvalue weighted by Gasteiger charge is 2.24. The quantitative estimate of drug-likeness (QED) is 0.228. The second-order valence-corrected chi connectivity index (χ2v) is 10.9. The molecule has 2 amide bonds. The number of aromatic nitrogens is 1. The molecule has 7 heteroatoms. The molecule has 0 aliphatic heterocycles. The molecule has 3 aromatic carbocycles. The van der Waals surface area contributed by atoms with Crippen molar-refractivity contribution >= 4 is 45.9 Å². The van der Waals surface area contributed by atoms with E-state index in [0.717, 1.165) is 22.0 Å². The molecule has 0 fully saturated rings. The maximum absolute atomic E-state index is 13.8. The lowest BCUT2D eigenvalue weighted by Crippen LogP contribution is -2.44. The average molecular weight is 551 g/mol. The Morgan fingerprint density at radius 3 is 2.37 bits per heavy atom. The van der Waals surface area contributed by atoms with Crippen molar-refractivity contribution < 1.29 is 9.59 Å². The first-order valence-electron chi connectivity index (χ1n) is 12.8. The number of nitrogens with one attached hydrogen (secondary N) is 1. The SMILES string of the molecule is Cc1ccc(CN(CCc2c[nH]c3ccccc23)C(=O)CN(CC(C)C)C(=O)c2ccc(Cl)c(Cl)c2)cc1. The summed E-state index contributed by atoms with van der Waals surface area (Å²) in [6, 6.07) is 21.2. The van der Waals surface area contributed by atoms with Crippen molar-refractivity contribution in [1.29, 1.82) is 0 Å². The van der Waals surface area contributed by atoms with E-state index in [1.54, 1.807) is 23.1 Å². The van der Waals surface area contributed by atoms with Gasteiger partial charge in [0.05, 0.1) is 10.0 Å². The molecule has 0 unspecified atom stereocenters. The van der Waals surface area contributed by atoms with Gasteiger partial charge in [0.15, 0.2) is 0 Å². The second-order valence-electron chi connectivity index (χ2n) is 10.1. The van der Waals surface area contributed by atoms with Gasteiger partial charge in [0, 0.05) is 42.3 Å². The van der Waals surface area contributed by atoms with E-state index in [2.05, 4.69) is 23.2 Å². The van der Waals surface area contributed by atoms with E-state index >= 15 is 0 Å². The molecular formula is C31H33Cl2N3O2. The van der Waals surface area contributed by atoms with Crippen LogP contribution in [0.1, 0.15) is 40.9 Å². The Bertz CT molecular complexity index is 1410. The molecule has 4 aromatic rings. The van der Waals surface area contributed by atoms with E-state index < -0.39 is 0 Å². The Morgan fingerprint density at radius 1 is 0.921 bits per heavy atom. The number of aromatic amines is 1. The smallest absolute Gasteiger partial charge is 0.254 e. The van der Waals surface area contributed by atoms with Gasteiger partial charge in [-0.15, -0.1) is 0 Å². The zero-order chi connectivity index (χ0) is 27.2. The minimum atomic E-state index is -0.238. The minimum Gasteiger partial charge on any atom is -0.361 e. The second kappa shape index (κ2) is 12.5. The standard InChI is InChI=1S/C31H33Cl2N3O2/c1-21(2)18-36(31(38)24-12-13-27(32)28(33)16-24)20-30(37)35(19-23-10-8-22(3)9-11-23)15-14-25-17-34-29-7-5-4-6-26(25)29/h4-13,16-17,21,34H,14-15,18-20H2,1-3H3. The summed E-state index contributed by atoms with van der Waals surface area (Å²) in [5.74, 6) is -0.150. The van der Waals surface area contributed by atoms with Crippen molar-refractivity contribution in [2.75, 3.05) is 19.6 Å². The number of carbonyl (C=O) groups excluding carboxylic acids is 2. The molecule has 0 aliphatic carbocycles. The van der Waals surface area contributed by atoms with Crippen molar-refractivity contribution in [3.63, 3.8) is 0 Å². The number of halogens is 2. The van der Waals surface area contributed by atoms with Gasteiger partial charge in [-0.05, 0) is 54.7 Å². The Morgan fingerprint density at radius 2 is 1.66 bits per heavy atom. The molecule has 4 rings (SSSR count). The molecule has 198 valence electrons. The Hall–Kier alpha value is -3.28. The number of aryl methyl sites for hydroxylation is 1. The van der Waals surface area contributed by atoms with Crippen molar-refractivity contribution in [2.45, 2.75) is 33.7 Å². The first kappa shape index (κ1) is 27.7. The van der Waals surface area contributed by atoms with E-state index in [0.29, 0.717) is 41.7 Å². The Balaban J connectivity index is 1.56. The van der Waals surface area contributed by atoms with Crippen LogP contribution in [0.15, 0.2) is 72.9 Å². The maximum atomic E-state index is 13.8. The van der Waals surface area contributed by atoms with Crippen LogP contribution in [-0.2, 0) is 17.8 Å². The third-order valence-corrected chi connectivity index (χ3v) is 7.28. The summed E-state index contributed by atoms with van der Waals surface area (Å²) in [5.41, 5.74) is 4.87. The van der Waals surface area contributed by atoms with Crippen LogP contribution in [0.5, 0.6) is 0 Å². The van der Waals surface area contributed by atoms with Crippen LogP contribution in [0.2, 0.25) is 10.0 Å². The number of amides is 2. The number of carbonyl (C=O) groups is 2. The van der Waals surface area contributed by atoms with Crippen molar-refractivity contribution in [3.8, 4) is 0 Å². The van der Waals surface area contributed by atoms with Gasteiger partial charge >= 0.3 is 0 Å². The number of fused-ring (bicyclic) bond motifs is 1. The molecule has 1 heterocycles. The number of hydrogen-bond acceptors (Lipinski definition) is 2. The summed E-state index contributed by atoms with van der Waals surface area (Å²) < 4.78 is 0. The molecule has 0 atom stereocenters. The van der Waals surface area contributed by atoms with Gasteiger partial charge in [-0.1, -0.05) is 85.1 Å². The number of para-hydroxylation sites is 1. The minimum absolute atomic E-state index is 0.0169. The molecule has 0 spiro atoms. The average Bonchev–Trinajstić information content (AvgIpc) is 3.31. The fraction of sp³-hybridized carbons (Fsp3) is 0.290. The van der Waals surface area contributed by atoms with E-state index in [1.807, 2.05) is 62.2 Å². The normalized spacial score (nSPS) is 11.2. The highest BCUT2D eigenvalue weighted by molar-refractivity contribution is 6.42. The first-order valence-corrected chi connectivity index (χ1v) is 13.6. The third kappa shape index (κ3) is 6.97. The summed E-state index contributed by atoms with van der Waals surface area (Å²) in [6.07, 6.45) is 2.71. The van der Waals surface area contributed by atoms with Crippen LogP contribution in [0.25, 0.3) is 10.9 Å². The largest absolute Gasteiger partial charge is 0.361 e. The molecule has 0 bridgehead atoms. The zero-order valence-electron chi connectivity index (χ0n) is 22.0. The number of rotatable bonds is 10. The molecule has 0 saturated heterocycles. The lowest BCUT2D eigenvalue weighted by atomic mass is 10.1. The van der Waals surface area contributed by atoms with Crippen LogP contribution in [-0.4, -0.2) is 46.2 Å². The van der Waals surface area contributed by atoms with Gasteiger partial charge in [-0.2, -0.15) is 0 Å². The van der Waals surface area contributed by atoms with Gasteiger partial charge in [-0.3, -0.25) is 9.59 Å². The molecule has 0 aliphatic rings. The van der Waals surface area contributed by atoms with E-state index in [9.17, 15) is 9.59 Å². The highest BCUT2D eigenvalue weighted by Crippen LogP contribution is 2.24. The summed E-state index contributed by atoms with van der Waals surface area (Å²) >= 11 is 12.2. The Kier molecular flexibility index (Phi) is 9.13. The van der Waals surface area contributed by atoms with Gasteiger partial charge in [0.25, 0.3) is 5.91 Å². The number of H-pyrrole nitrogens is 1. The lowest BCUT2D eigenvalue weighted by Gasteiger charge is -2.29. The molecule has 5 nitrogen and oxygen atoms in total. The Labute approximate surface area is 234 Å². The zero-order valence-corrected chi connectivity index (χ0v) is 23.5. The van der Waals surface area contributed by atoms with Crippen LogP contribution < -0.4 is 0 Å². The van der Waals surface area contributed by atoms with E-state index in [-0.39, 0.29) is 24.3 Å². The monoisotopic (exact) mass is 549 g/mol. The molecule has 0 radical (unpaired) electrons. The predicted molar refractivity (Wildman–Crippen MR) is 156 cm³/mol. The molecule has 38 heavy (non-hydrogen) atoms. The molecular weight excluding hydrogens is 517 g/mol. The third-order valence-electron chi connectivity index (χ3n) is 6.54. The van der Waals surface area contributed by atoms with E-state index in [1.165, 1.54) is 5.56 Å². The summed E-state index contributed by atoms with van der Waals surface area (Å²) in [7, 11) is 0. The van der Waals surface area contributed by atoms with Crippen molar-refractivity contribution in [2.24, 2.45) is 5.92 Å². The number of nitrogens with zero attached hydrogens (tertiary/aromatic N) is 2. The fourth-order valence-electron chi connectivity index (χ4n) is 4.53. The fourth-order valence-corrected chi connectivity index (χ4v) is 4.83. The van der Waals surface area contributed by atoms with E-state index in [4.69, 9.17) is 23.2 Å². The van der Waals surface area contributed by atoms with Crippen LogP contribution in [0, 0.1) is 12.8 Å². The maximum Gasteiger partial charge on any atom is 0.254 e. The summed E-state index contributed by atoms with van der Waals surface area (Å²) in [6.45, 7) is 7.54. The highest BCUT2D eigenvalue weighted by atomic mass is 35.5. The van der Waals surface area contributed by atoms with Gasteiger partial charge < -0.3 is 14.8 Å². The van der Waals surface area contributed by atoms with Crippen molar-refractivity contribution in [1.82, 2.24) is 14.8 Å². The summed E-state index contributed by atoms with van der Waals surface area (Å²) in [4.78, 5) is 34.0. The topological polar surface area (TPSA) is 56.4 Å². The van der Waals surface area contributed by atoms with Gasteiger partial charge in [0.2, 0.25) is 5.91 Å². The molecule has 1 N–H and O–H groups in total. The summed E-state index contributed by atoms with van der Waals surface area (Å²) in [5, 5.41) is 1.86. The van der Waals surface area contributed by atoms with Gasteiger partial charge in [0.1, 0.15) is 6.54 Å². The number of hydrogen-bond donors (Lipinski definition) is 1. The molecule has 1 aromatic heterocycles. The van der Waals surface area contributed by atoms with Crippen LogP contribution in [0.4, 0.5) is 0 Å².